The monoisotopic (exact) mass is 298 g/mol. The molecule has 0 aromatic heterocycles. The molecule has 2 nitrogen and oxygen atoms in total. The summed E-state index contributed by atoms with van der Waals surface area (Å²) in [5.41, 5.74) is 11.3. The van der Waals surface area contributed by atoms with Crippen LogP contribution in [0.25, 0.3) is 22.3 Å². The lowest BCUT2D eigenvalue weighted by Gasteiger charge is -2.07. The number of nitrogens with one attached hydrogen (secondary N) is 1. The number of benzene rings is 3. The molecule has 0 spiro atoms. The van der Waals surface area contributed by atoms with Gasteiger partial charge in [0.1, 0.15) is 0 Å². The molecule has 3 rings (SSSR count). The minimum Gasteiger partial charge on any atom is -0.405 e. The van der Waals surface area contributed by atoms with Crippen molar-refractivity contribution in [2.24, 2.45) is 5.73 Å². The predicted octanol–water partition coefficient (Wildman–Crippen LogP) is 4.86. The molecule has 112 valence electrons. The maximum Gasteiger partial charge on any atom is 0.0626 e. The van der Waals surface area contributed by atoms with Gasteiger partial charge in [0.25, 0.3) is 0 Å². The zero-order valence-electron chi connectivity index (χ0n) is 12.7. The molecule has 23 heavy (non-hydrogen) atoms. The van der Waals surface area contributed by atoms with E-state index in [1.165, 1.54) is 17.3 Å². The van der Waals surface area contributed by atoms with Crippen LogP contribution in [0, 0.1) is 5.41 Å². The van der Waals surface area contributed by atoms with E-state index in [1.54, 1.807) is 6.08 Å². The topological polar surface area (TPSA) is 49.9 Å². The summed E-state index contributed by atoms with van der Waals surface area (Å²) in [5, 5.41) is 7.97. The number of rotatable bonds is 4. The van der Waals surface area contributed by atoms with Gasteiger partial charge >= 0.3 is 0 Å². The van der Waals surface area contributed by atoms with Gasteiger partial charge in [-0.1, -0.05) is 72.8 Å². The fourth-order valence-electron chi connectivity index (χ4n) is 2.54. The molecule has 0 unspecified atom stereocenters. The van der Waals surface area contributed by atoms with Gasteiger partial charge in [0, 0.05) is 5.56 Å². The average Bonchev–Trinajstić information content (AvgIpc) is 2.63. The van der Waals surface area contributed by atoms with E-state index in [4.69, 9.17) is 11.1 Å². The molecular weight excluding hydrogens is 280 g/mol. The Morgan fingerprint density at radius 1 is 0.696 bits per heavy atom. The molecular formula is C21H18N2. The van der Waals surface area contributed by atoms with Crippen LogP contribution in [0.5, 0.6) is 0 Å². The molecule has 0 amide bonds. The fraction of sp³-hybridized carbons (Fsp3) is 0. The SMILES string of the molecule is N=C(C=CN)c1cccc(-c2ccc(-c3ccccc3)cc2)c1. The summed E-state index contributed by atoms with van der Waals surface area (Å²) >= 11 is 0. The summed E-state index contributed by atoms with van der Waals surface area (Å²) in [6, 6.07) is 26.8. The molecule has 3 aromatic rings. The summed E-state index contributed by atoms with van der Waals surface area (Å²) in [4.78, 5) is 0. The summed E-state index contributed by atoms with van der Waals surface area (Å²) in [6.45, 7) is 0. The summed E-state index contributed by atoms with van der Waals surface area (Å²) in [5.74, 6) is 0. The van der Waals surface area contributed by atoms with E-state index in [1.807, 2.05) is 36.4 Å². The van der Waals surface area contributed by atoms with Gasteiger partial charge in [-0.25, -0.2) is 0 Å². The summed E-state index contributed by atoms with van der Waals surface area (Å²) in [6.07, 6.45) is 2.99. The normalized spacial score (nSPS) is 10.8. The second-order valence-electron chi connectivity index (χ2n) is 5.30. The first-order valence-electron chi connectivity index (χ1n) is 7.51. The zero-order chi connectivity index (χ0) is 16.1. The Labute approximate surface area is 136 Å². The number of nitrogens with two attached hydrogens (primary N) is 1. The Bertz CT molecular complexity index is 831. The van der Waals surface area contributed by atoms with E-state index in [9.17, 15) is 0 Å². The molecule has 3 N–H and O–H groups in total. The van der Waals surface area contributed by atoms with E-state index in [0.29, 0.717) is 5.71 Å². The Morgan fingerprint density at radius 2 is 1.26 bits per heavy atom. The quantitative estimate of drug-likeness (QED) is 0.664. The largest absolute Gasteiger partial charge is 0.405 e. The van der Waals surface area contributed by atoms with Crippen molar-refractivity contribution >= 4 is 5.71 Å². The molecule has 0 atom stereocenters. The molecule has 0 saturated heterocycles. The van der Waals surface area contributed by atoms with Gasteiger partial charge in [0.15, 0.2) is 0 Å². The Hall–Kier alpha value is -3.13. The fourth-order valence-corrected chi connectivity index (χ4v) is 2.54. The zero-order valence-corrected chi connectivity index (χ0v) is 12.7. The van der Waals surface area contributed by atoms with Crippen LogP contribution in [-0.4, -0.2) is 5.71 Å². The molecule has 0 aliphatic rings. The smallest absolute Gasteiger partial charge is 0.0626 e. The van der Waals surface area contributed by atoms with Crippen LogP contribution in [0.1, 0.15) is 5.56 Å². The molecule has 0 fully saturated rings. The standard InChI is InChI=1S/C21H18N2/c22-14-13-21(23)20-8-4-7-19(15-20)18-11-9-17(10-12-18)16-5-2-1-3-6-16/h1-15,23H,22H2. The maximum absolute atomic E-state index is 7.97. The van der Waals surface area contributed by atoms with Gasteiger partial charge in [0.2, 0.25) is 0 Å². The van der Waals surface area contributed by atoms with Gasteiger partial charge in [-0.3, -0.25) is 0 Å². The number of hydrogen-bond donors (Lipinski definition) is 2. The molecule has 0 bridgehead atoms. The predicted molar refractivity (Wildman–Crippen MR) is 97.5 cm³/mol. The van der Waals surface area contributed by atoms with Crippen molar-refractivity contribution in [3.63, 3.8) is 0 Å². The highest BCUT2D eigenvalue weighted by Gasteiger charge is 2.03. The minimum atomic E-state index is 0.412. The number of allylic oxidation sites excluding steroid dienone is 1. The van der Waals surface area contributed by atoms with Crippen molar-refractivity contribution in [2.75, 3.05) is 0 Å². The lowest BCUT2D eigenvalue weighted by atomic mass is 9.98. The van der Waals surface area contributed by atoms with Crippen LogP contribution < -0.4 is 5.73 Å². The Balaban J connectivity index is 1.91. The molecule has 2 heteroatoms. The van der Waals surface area contributed by atoms with E-state index >= 15 is 0 Å². The van der Waals surface area contributed by atoms with Crippen LogP contribution in [-0.2, 0) is 0 Å². The summed E-state index contributed by atoms with van der Waals surface area (Å²) < 4.78 is 0. The van der Waals surface area contributed by atoms with E-state index < -0.39 is 0 Å². The minimum absolute atomic E-state index is 0.412. The van der Waals surface area contributed by atoms with Crippen molar-refractivity contribution in [2.45, 2.75) is 0 Å². The molecule has 0 aliphatic heterocycles. The van der Waals surface area contributed by atoms with Gasteiger partial charge in [0.05, 0.1) is 5.71 Å². The van der Waals surface area contributed by atoms with Crippen LogP contribution in [0.3, 0.4) is 0 Å². The molecule has 3 aromatic carbocycles. The second-order valence-corrected chi connectivity index (χ2v) is 5.30. The third kappa shape index (κ3) is 3.38. The van der Waals surface area contributed by atoms with E-state index in [0.717, 1.165) is 16.7 Å². The Morgan fingerprint density at radius 3 is 1.91 bits per heavy atom. The lowest BCUT2D eigenvalue weighted by Crippen LogP contribution is -1.96. The lowest BCUT2D eigenvalue weighted by molar-refractivity contribution is 1.48. The second kappa shape index (κ2) is 6.75. The Kier molecular flexibility index (Phi) is 4.34. The molecule has 0 saturated carbocycles. The number of hydrogen-bond acceptors (Lipinski definition) is 2. The highest BCUT2D eigenvalue weighted by atomic mass is 14.5. The first kappa shape index (κ1) is 14.8. The van der Waals surface area contributed by atoms with Crippen molar-refractivity contribution in [1.82, 2.24) is 0 Å². The summed E-state index contributed by atoms with van der Waals surface area (Å²) in [7, 11) is 0. The van der Waals surface area contributed by atoms with Crippen LogP contribution in [0.4, 0.5) is 0 Å². The van der Waals surface area contributed by atoms with Crippen molar-refractivity contribution < 1.29 is 0 Å². The first-order chi connectivity index (χ1) is 11.3. The van der Waals surface area contributed by atoms with Crippen molar-refractivity contribution in [1.29, 1.82) is 5.41 Å². The highest BCUT2D eigenvalue weighted by Crippen LogP contribution is 2.25. The highest BCUT2D eigenvalue weighted by molar-refractivity contribution is 6.07. The molecule has 0 radical (unpaired) electrons. The van der Waals surface area contributed by atoms with Gasteiger partial charge in [-0.2, -0.15) is 0 Å². The van der Waals surface area contributed by atoms with Crippen LogP contribution >= 0.6 is 0 Å². The van der Waals surface area contributed by atoms with Gasteiger partial charge < -0.3 is 11.1 Å². The van der Waals surface area contributed by atoms with E-state index in [-0.39, 0.29) is 0 Å². The van der Waals surface area contributed by atoms with Gasteiger partial charge in [-0.15, -0.1) is 0 Å². The average molecular weight is 298 g/mol. The third-order valence-electron chi connectivity index (χ3n) is 3.76. The first-order valence-corrected chi connectivity index (χ1v) is 7.51. The van der Waals surface area contributed by atoms with Crippen molar-refractivity contribution in [3.05, 3.63) is 96.7 Å². The van der Waals surface area contributed by atoms with Crippen LogP contribution in [0.15, 0.2) is 91.1 Å². The maximum atomic E-state index is 7.97. The molecule has 0 heterocycles. The van der Waals surface area contributed by atoms with Gasteiger partial charge in [-0.05, 0) is 40.6 Å². The third-order valence-corrected chi connectivity index (χ3v) is 3.76. The molecule has 0 aliphatic carbocycles. The van der Waals surface area contributed by atoms with E-state index in [2.05, 4.69) is 42.5 Å². The van der Waals surface area contributed by atoms with Crippen molar-refractivity contribution in [3.8, 4) is 22.3 Å². The van der Waals surface area contributed by atoms with Crippen LogP contribution in [0.2, 0.25) is 0 Å².